The van der Waals surface area contributed by atoms with E-state index in [2.05, 4.69) is 0 Å². The molecule has 116 valence electrons. The van der Waals surface area contributed by atoms with Gasteiger partial charge in [0.2, 0.25) is 0 Å². The summed E-state index contributed by atoms with van der Waals surface area (Å²) in [7, 11) is 1.78. The van der Waals surface area contributed by atoms with Crippen molar-refractivity contribution in [2.24, 2.45) is 0 Å². The number of likely N-dealkylation sites (N-methyl/N-ethyl adjacent to an activating group) is 1. The molecule has 0 radical (unpaired) electrons. The second kappa shape index (κ2) is 7.32. The molecule has 0 aliphatic rings. The lowest BCUT2D eigenvalue weighted by molar-refractivity contribution is -0.137. The first-order valence-corrected chi connectivity index (χ1v) is 7.56. The normalized spacial score (nSPS) is 11.8. The Morgan fingerprint density at radius 2 is 1.91 bits per heavy atom. The van der Waals surface area contributed by atoms with Gasteiger partial charge < -0.3 is 9.64 Å². The Kier molecular flexibility index (Phi) is 5.45. The molecule has 1 amide bonds. The molecule has 0 N–H and O–H groups in total. The number of hydrogen-bond donors (Lipinski definition) is 0. The van der Waals surface area contributed by atoms with Crippen molar-refractivity contribution in [3.63, 3.8) is 0 Å². The van der Waals surface area contributed by atoms with Crippen LogP contribution in [-0.4, -0.2) is 24.0 Å². The van der Waals surface area contributed by atoms with Crippen LogP contribution in [0.15, 0.2) is 48.5 Å². The molecule has 2 aromatic carbocycles. The summed E-state index contributed by atoms with van der Waals surface area (Å²) < 4.78 is 5.66. The van der Waals surface area contributed by atoms with Gasteiger partial charge in [-0.15, -0.1) is 0 Å². The lowest BCUT2D eigenvalue weighted by atomic mass is 10.1. The van der Waals surface area contributed by atoms with Crippen molar-refractivity contribution < 1.29 is 9.53 Å². The van der Waals surface area contributed by atoms with Gasteiger partial charge in [-0.1, -0.05) is 47.5 Å². The smallest absolute Gasteiger partial charge is 0.263 e. The fourth-order valence-corrected chi connectivity index (χ4v) is 2.33. The van der Waals surface area contributed by atoms with Gasteiger partial charge in [0.15, 0.2) is 6.10 Å². The number of aryl methyl sites for hydroxylation is 1. The number of nitrogens with zero attached hydrogens (tertiary/aromatic N) is 1. The van der Waals surface area contributed by atoms with E-state index in [4.69, 9.17) is 16.3 Å². The second-order valence-corrected chi connectivity index (χ2v) is 5.83. The Morgan fingerprint density at radius 3 is 2.55 bits per heavy atom. The van der Waals surface area contributed by atoms with E-state index in [-0.39, 0.29) is 5.91 Å². The highest BCUT2D eigenvalue weighted by Crippen LogP contribution is 2.19. The molecule has 2 rings (SSSR count). The SMILES string of the molecule is Cc1ccc(CN(C)C(=O)[C@H](C)Oc2cccc(Cl)c2)cc1. The number of halogens is 1. The molecular formula is C18H20ClNO2. The Morgan fingerprint density at radius 1 is 1.23 bits per heavy atom. The fraction of sp³-hybridized carbons (Fsp3) is 0.278. The zero-order chi connectivity index (χ0) is 16.1. The van der Waals surface area contributed by atoms with Crippen molar-refractivity contribution in [2.75, 3.05) is 7.05 Å². The van der Waals surface area contributed by atoms with Gasteiger partial charge in [-0.25, -0.2) is 0 Å². The van der Waals surface area contributed by atoms with E-state index >= 15 is 0 Å². The molecule has 1 atom stereocenters. The molecule has 0 aromatic heterocycles. The van der Waals surface area contributed by atoms with Crippen LogP contribution in [0.2, 0.25) is 5.02 Å². The minimum Gasteiger partial charge on any atom is -0.481 e. The zero-order valence-corrected chi connectivity index (χ0v) is 13.8. The van der Waals surface area contributed by atoms with Crippen LogP contribution in [0.4, 0.5) is 0 Å². The minimum absolute atomic E-state index is 0.0689. The zero-order valence-electron chi connectivity index (χ0n) is 13.0. The van der Waals surface area contributed by atoms with Gasteiger partial charge >= 0.3 is 0 Å². The van der Waals surface area contributed by atoms with E-state index in [0.717, 1.165) is 5.56 Å². The lowest BCUT2D eigenvalue weighted by Gasteiger charge is -2.22. The molecule has 22 heavy (non-hydrogen) atoms. The monoisotopic (exact) mass is 317 g/mol. The van der Waals surface area contributed by atoms with Crippen LogP contribution in [0, 0.1) is 6.92 Å². The standard InChI is InChI=1S/C18H20ClNO2/c1-13-7-9-15(10-8-13)12-20(3)18(21)14(2)22-17-6-4-5-16(19)11-17/h4-11,14H,12H2,1-3H3/t14-/m0/s1. The Bertz CT molecular complexity index is 640. The first-order valence-electron chi connectivity index (χ1n) is 7.18. The van der Waals surface area contributed by atoms with Gasteiger partial charge in [0, 0.05) is 18.6 Å². The molecule has 0 saturated heterocycles. The quantitative estimate of drug-likeness (QED) is 0.831. The van der Waals surface area contributed by atoms with Gasteiger partial charge in [-0.3, -0.25) is 4.79 Å². The van der Waals surface area contributed by atoms with Crippen LogP contribution in [0.5, 0.6) is 5.75 Å². The Hall–Kier alpha value is -2.00. The summed E-state index contributed by atoms with van der Waals surface area (Å²) in [5.74, 6) is 0.526. The predicted octanol–water partition coefficient (Wildman–Crippen LogP) is 4.07. The molecule has 4 heteroatoms. The maximum atomic E-state index is 12.4. The average Bonchev–Trinajstić information content (AvgIpc) is 2.48. The Balaban J connectivity index is 1.96. The molecule has 0 aliphatic carbocycles. The molecule has 0 heterocycles. The first-order chi connectivity index (χ1) is 10.5. The molecule has 0 saturated carbocycles. The summed E-state index contributed by atoms with van der Waals surface area (Å²) in [6.07, 6.45) is -0.561. The van der Waals surface area contributed by atoms with Crippen molar-refractivity contribution in [1.82, 2.24) is 4.90 Å². The topological polar surface area (TPSA) is 29.5 Å². The van der Waals surface area contributed by atoms with E-state index in [9.17, 15) is 4.79 Å². The summed E-state index contributed by atoms with van der Waals surface area (Å²) in [4.78, 5) is 14.0. The Labute approximate surface area is 136 Å². The lowest BCUT2D eigenvalue weighted by Crippen LogP contribution is -2.37. The van der Waals surface area contributed by atoms with Crippen molar-refractivity contribution >= 4 is 17.5 Å². The maximum Gasteiger partial charge on any atom is 0.263 e. The van der Waals surface area contributed by atoms with Crippen LogP contribution in [-0.2, 0) is 11.3 Å². The van der Waals surface area contributed by atoms with Crippen molar-refractivity contribution in [3.05, 3.63) is 64.7 Å². The van der Waals surface area contributed by atoms with Crippen molar-refractivity contribution in [3.8, 4) is 5.75 Å². The third-order valence-corrected chi connectivity index (χ3v) is 3.61. The second-order valence-electron chi connectivity index (χ2n) is 5.40. The molecule has 3 nitrogen and oxygen atoms in total. The molecule has 0 unspecified atom stereocenters. The molecular weight excluding hydrogens is 298 g/mol. The van der Waals surface area contributed by atoms with E-state index < -0.39 is 6.10 Å². The number of amides is 1. The van der Waals surface area contributed by atoms with Gasteiger partial charge in [0.05, 0.1) is 0 Å². The number of benzene rings is 2. The average molecular weight is 318 g/mol. The van der Waals surface area contributed by atoms with E-state index in [0.29, 0.717) is 17.3 Å². The van der Waals surface area contributed by atoms with Crippen molar-refractivity contribution in [2.45, 2.75) is 26.5 Å². The summed E-state index contributed by atoms with van der Waals surface area (Å²) in [6.45, 7) is 4.34. The van der Waals surface area contributed by atoms with Gasteiger partial charge in [-0.2, -0.15) is 0 Å². The van der Waals surface area contributed by atoms with Gasteiger partial charge in [-0.05, 0) is 37.6 Å². The maximum absolute atomic E-state index is 12.4. The highest BCUT2D eigenvalue weighted by atomic mass is 35.5. The van der Waals surface area contributed by atoms with Gasteiger partial charge in [0.1, 0.15) is 5.75 Å². The van der Waals surface area contributed by atoms with E-state index in [1.54, 1.807) is 43.1 Å². The predicted molar refractivity (Wildman–Crippen MR) is 89.2 cm³/mol. The highest BCUT2D eigenvalue weighted by molar-refractivity contribution is 6.30. The van der Waals surface area contributed by atoms with E-state index in [1.807, 2.05) is 31.2 Å². The van der Waals surface area contributed by atoms with Gasteiger partial charge in [0.25, 0.3) is 5.91 Å². The minimum atomic E-state index is -0.561. The van der Waals surface area contributed by atoms with Crippen LogP contribution in [0.3, 0.4) is 0 Å². The van der Waals surface area contributed by atoms with Crippen LogP contribution >= 0.6 is 11.6 Å². The number of hydrogen-bond acceptors (Lipinski definition) is 2. The third kappa shape index (κ3) is 4.50. The van der Waals surface area contributed by atoms with Crippen LogP contribution in [0.25, 0.3) is 0 Å². The summed E-state index contributed by atoms with van der Waals surface area (Å²) in [6, 6.07) is 15.2. The first kappa shape index (κ1) is 16.4. The molecule has 0 aliphatic heterocycles. The highest BCUT2D eigenvalue weighted by Gasteiger charge is 2.19. The van der Waals surface area contributed by atoms with Crippen molar-refractivity contribution in [1.29, 1.82) is 0 Å². The third-order valence-electron chi connectivity index (χ3n) is 3.37. The number of ether oxygens (including phenoxy) is 1. The fourth-order valence-electron chi connectivity index (χ4n) is 2.15. The molecule has 0 fully saturated rings. The molecule has 0 bridgehead atoms. The van der Waals surface area contributed by atoms with Crippen LogP contribution in [0.1, 0.15) is 18.1 Å². The van der Waals surface area contributed by atoms with E-state index in [1.165, 1.54) is 5.56 Å². The number of carbonyl (C=O) groups excluding carboxylic acids is 1. The van der Waals surface area contributed by atoms with Crippen LogP contribution < -0.4 is 4.74 Å². The number of carbonyl (C=O) groups is 1. The summed E-state index contributed by atoms with van der Waals surface area (Å²) >= 11 is 5.92. The molecule has 2 aromatic rings. The largest absolute Gasteiger partial charge is 0.481 e. The molecule has 0 spiro atoms. The summed E-state index contributed by atoms with van der Waals surface area (Å²) in [5.41, 5.74) is 2.30. The summed E-state index contributed by atoms with van der Waals surface area (Å²) in [5, 5.41) is 0.588. The number of rotatable bonds is 5.